The van der Waals surface area contributed by atoms with E-state index in [4.69, 9.17) is 0 Å². The summed E-state index contributed by atoms with van der Waals surface area (Å²) in [5.74, 6) is 3.15. The Hall–Kier alpha value is -5.40. The summed E-state index contributed by atoms with van der Waals surface area (Å²) in [6, 6.07) is 58.4. The first-order valence-electron chi connectivity index (χ1n) is 21.9. The van der Waals surface area contributed by atoms with Crippen molar-refractivity contribution >= 4 is 27.8 Å². The highest BCUT2D eigenvalue weighted by Gasteiger charge is 2.41. The lowest BCUT2D eigenvalue weighted by atomic mass is 9.80. The molecule has 1 heteroatoms. The lowest BCUT2D eigenvalue weighted by Gasteiger charge is -2.32. The van der Waals surface area contributed by atoms with Gasteiger partial charge < -0.3 is 4.90 Å². The number of nitrogens with zero attached hydrogens (tertiary/aromatic N) is 1. The van der Waals surface area contributed by atoms with E-state index < -0.39 is 0 Å². The molecule has 3 saturated carbocycles. The van der Waals surface area contributed by atoms with Gasteiger partial charge in [-0.2, -0.15) is 0 Å². The molecule has 11 rings (SSSR count). The third-order valence-electron chi connectivity index (χ3n) is 14.7. The Morgan fingerprint density at radius 3 is 1.96 bits per heavy atom. The molecule has 7 aromatic carbocycles. The first kappa shape index (κ1) is 34.8. The van der Waals surface area contributed by atoms with E-state index in [0.717, 1.165) is 11.8 Å². The molecule has 0 amide bonds. The van der Waals surface area contributed by atoms with Crippen molar-refractivity contribution in [1.82, 2.24) is 0 Å². The van der Waals surface area contributed by atoms with E-state index in [0.29, 0.717) is 11.8 Å². The normalized spacial score (nSPS) is 20.8. The SMILES string of the molecule is CC1(C)c2cc(-c3ccccc3)ccc2-c2cc(-c3ccccc3)c(N(c3ccc(C4CC5CCC4C5)cc3)c3cccc4ccc(C5CCCCC5)cc34)cc21. The zero-order chi connectivity index (χ0) is 38.1. The van der Waals surface area contributed by atoms with Gasteiger partial charge in [0.2, 0.25) is 0 Å². The van der Waals surface area contributed by atoms with Crippen molar-refractivity contribution in [2.75, 3.05) is 4.90 Å². The van der Waals surface area contributed by atoms with Crippen LogP contribution in [0.1, 0.15) is 106 Å². The molecule has 0 aromatic heterocycles. The maximum atomic E-state index is 2.62. The van der Waals surface area contributed by atoms with Crippen LogP contribution in [-0.2, 0) is 5.41 Å². The quantitative estimate of drug-likeness (QED) is 0.157. The Labute approximate surface area is 339 Å². The minimum atomic E-state index is -0.177. The Morgan fingerprint density at radius 2 is 1.23 bits per heavy atom. The average Bonchev–Trinajstić information content (AvgIpc) is 3.97. The van der Waals surface area contributed by atoms with Crippen LogP contribution in [0.5, 0.6) is 0 Å². The summed E-state index contributed by atoms with van der Waals surface area (Å²) >= 11 is 0. The van der Waals surface area contributed by atoms with Crippen LogP contribution >= 0.6 is 0 Å². The van der Waals surface area contributed by atoms with Gasteiger partial charge in [-0.3, -0.25) is 0 Å². The fourth-order valence-corrected chi connectivity index (χ4v) is 11.7. The number of fused-ring (bicyclic) bond motifs is 6. The van der Waals surface area contributed by atoms with E-state index in [1.807, 2.05) is 0 Å². The molecule has 3 fully saturated rings. The zero-order valence-electron chi connectivity index (χ0n) is 33.6. The van der Waals surface area contributed by atoms with Crippen LogP contribution in [0.3, 0.4) is 0 Å². The Kier molecular flexibility index (Phi) is 8.50. The van der Waals surface area contributed by atoms with Crippen LogP contribution in [0.25, 0.3) is 44.2 Å². The van der Waals surface area contributed by atoms with Crippen molar-refractivity contribution in [2.45, 2.75) is 88.9 Å². The predicted octanol–water partition coefficient (Wildman–Crippen LogP) is 15.9. The van der Waals surface area contributed by atoms with Crippen molar-refractivity contribution in [2.24, 2.45) is 11.8 Å². The molecule has 4 aliphatic carbocycles. The summed E-state index contributed by atoms with van der Waals surface area (Å²) in [5.41, 5.74) is 17.1. The summed E-state index contributed by atoms with van der Waals surface area (Å²) in [7, 11) is 0. The lowest BCUT2D eigenvalue weighted by Crippen LogP contribution is -2.17. The number of hydrogen-bond donors (Lipinski definition) is 0. The van der Waals surface area contributed by atoms with Crippen LogP contribution in [-0.4, -0.2) is 0 Å². The molecule has 0 spiro atoms. The smallest absolute Gasteiger partial charge is 0.0543 e. The predicted molar refractivity (Wildman–Crippen MR) is 241 cm³/mol. The van der Waals surface area contributed by atoms with Gasteiger partial charge >= 0.3 is 0 Å². The summed E-state index contributed by atoms with van der Waals surface area (Å²) < 4.78 is 0. The van der Waals surface area contributed by atoms with Crippen LogP contribution in [0.4, 0.5) is 17.1 Å². The van der Waals surface area contributed by atoms with Gasteiger partial charge in [0.15, 0.2) is 0 Å². The van der Waals surface area contributed by atoms with Crippen LogP contribution in [0.2, 0.25) is 0 Å². The molecule has 4 aliphatic rings. The maximum absolute atomic E-state index is 2.62. The van der Waals surface area contributed by atoms with Gasteiger partial charge in [0.05, 0.1) is 11.4 Å². The van der Waals surface area contributed by atoms with Crippen LogP contribution in [0, 0.1) is 11.8 Å². The number of hydrogen-bond acceptors (Lipinski definition) is 1. The molecule has 282 valence electrons. The zero-order valence-corrected chi connectivity index (χ0v) is 33.6. The summed E-state index contributed by atoms with van der Waals surface area (Å²) in [6.07, 6.45) is 12.3. The minimum absolute atomic E-state index is 0.177. The highest BCUT2D eigenvalue weighted by Crippen LogP contribution is 2.56. The Morgan fingerprint density at radius 1 is 0.491 bits per heavy atom. The summed E-state index contributed by atoms with van der Waals surface area (Å²) in [6.45, 7) is 4.86. The van der Waals surface area contributed by atoms with Gasteiger partial charge in [-0.15, -0.1) is 0 Å². The first-order valence-corrected chi connectivity index (χ1v) is 21.9. The number of anilines is 3. The highest BCUT2D eigenvalue weighted by atomic mass is 15.1. The van der Waals surface area contributed by atoms with E-state index in [2.05, 4.69) is 170 Å². The number of rotatable bonds is 7. The molecule has 1 nitrogen and oxygen atoms in total. The fourth-order valence-electron chi connectivity index (χ4n) is 11.7. The molecular weight excluding hydrogens is 687 g/mol. The summed E-state index contributed by atoms with van der Waals surface area (Å²) in [5, 5.41) is 2.64. The van der Waals surface area contributed by atoms with E-state index >= 15 is 0 Å². The monoisotopic (exact) mass is 739 g/mol. The molecule has 3 atom stereocenters. The third kappa shape index (κ3) is 5.96. The Bertz CT molecular complexity index is 2590. The van der Waals surface area contributed by atoms with Gasteiger partial charge in [-0.25, -0.2) is 0 Å². The largest absolute Gasteiger partial charge is 0.309 e. The topological polar surface area (TPSA) is 3.24 Å². The molecule has 0 aliphatic heterocycles. The minimum Gasteiger partial charge on any atom is -0.309 e. The molecule has 57 heavy (non-hydrogen) atoms. The maximum Gasteiger partial charge on any atom is 0.0543 e. The molecule has 2 bridgehead atoms. The van der Waals surface area contributed by atoms with Crippen molar-refractivity contribution in [3.8, 4) is 33.4 Å². The molecule has 7 aromatic rings. The van der Waals surface area contributed by atoms with E-state index in [1.165, 1.54) is 141 Å². The van der Waals surface area contributed by atoms with Gasteiger partial charge in [0.25, 0.3) is 0 Å². The standard InChI is InChI=1S/C56H53N/c1-56(2)52-34-44(39-15-8-4-9-16-39)27-30-47(52)51-35-50(40-17-10-5-11-18-40)55(36-53(51)56)57(46-28-25-42(26-29-46)48-32-37-21-22-45(48)31-37)54-20-12-19-41-23-24-43(33-49(41)54)38-13-6-3-7-14-38/h4-5,8-12,15-20,23-30,33-38,45,48H,3,6-7,13-14,21-22,31-32H2,1-2H3. The van der Waals surface area contributed by atoms with Crippen molar-refractivity contribution < 1.29 is 0 Å². The van der Waals surface area contributed by atoms with Crippen LogP contribution < -0.4 is 4.90 Å². The Balaban J connectivity index is 1.13. The van der Waals surface area contributed by atoms with Gasteiger partial charge in [-0.1, -0.05) is 149 Å². The second-order valence-electron chi connectivity index (χ2n) is 18.3. The average molecular weight is 740 g/mol. The van der Waals surface area contributed by atoms with Crippen molar-refractivity contribution in [3.63, 3.8) is 0 Å². The molecular formula is C56H53N. The second kappa shape index (κ2) is 13.9. The van der Waals surface area contributed by atoms with Crippen molar-refractivity contribution in [3.05, 3.63) is 174 Å². The molecule has 0 saturated heterocycles. The molecule has 0 N–H and O–H groups in total. The fraction of sp³-hybridized carbons (Fsp3) is 0.286. The van der Waals surface area contributed by atoms with Crippen molar-refractivity contribution in [1.29, 1.82) is 0 Å². The second-order valence-corrected chi connectivity index (χ2v) is 18.3. The lowest BCUT2D eigenvalue weighted by molar-refractivity contribution is 0.420. The molecule has 0 radical (unpaired) electrons. The number of benzene rings is 7. The molecule has 0 heterocycles. The van der Waals surface area contributed by atoms with E-state index in [-0.39, 0.29) is 5.41 Å². The summed E-state index contributed by atoms with van der Waals surface area (Å²) in [4.78, 5) is 2.62. The van der Waals surface area contributed by atoms with E-state index in [1.54, 1.807) is 0 Å². The third-order valence-corrected chi connectivity index (χ3v) is 14.7. The highest BCUT2D eigenvalue weighted by molar-refractivity contribution is 6.03. The van der Waals surface area contributed by atoms with Crippen LogP contribution in [0.15, 0.2) is 152 Å². The van der Waals surface area contributed by atoms with E-state index in [9.17, 15) is 0 Å². The van der Waals surface area contributed by atoms with Gasteiger partial charge in [0, 0.05) is 22.1 Å². The molecule has 3 unspecified atom stereocenters. The van der Waals surface area contributed by atoms with Gasteiger partial charge in [0.1, 0.15) is 0 Å². The van der Waals surface area contributed by atoms with Gasteiger partial charge in [-0.05, 0) is 154 Å². The first-order chi connectivity index (χ1) is 28.0.